The first-order valence-corrected chi connectivity index (χ1v) is 4.37. The molecule has 0 radical (unpaired) electrons. The molecule has 0 aliphatic heterocycles. The molecule has 15 heavy (non-hydrogen) atoms. The first-order valence-electron chi connectivity index (χ1n) is 4.00. The van der Waals surface area contributed by atoms with Gasteiger partial charge in [-0.25, -0.2) is 4.79 Å². The summed E-state index contributed by atoms with van der Waals surface area (Å²) < 4.78 is 9.47. The summed E-state index contributed by atoms with van der Waals surface area (Å²) in [4.78, 5) is 11.3. The van der Waals surface area contributed by atoms with E-state index in [2.05, 4.69) is 4.74 Å². The second-order valence-corrected chi connectivity index (χ2v) is 3.07. The minimum atomic E-state index is -0.618. The van der Waals surface area contributed by atoms with Gasteiger partial charge in [0.25, 0.3) is 0 Å². The van der Waals surface area contributed by atoms with Gasteiger partial charge in [0.1, 0.15) is 17.4 Å². The topological polar surface area (TPSA) is 59.3 Å². The van der Waals surface area contributed by atoms with Crippen LogP contribution in [0.4, 0.5) is 0 Å². The van der Waals surface area contributed by atoms with Crippen molar-refractivity contribution >= 4 is 17.6 Å². The quantitative estimate of drug-likeness (QED) is 0.723. The molecule has 1 aromatic carbocycles. The molecule has 0 saturated heterocycles. The molecule has 0 aromatic heterocycles. The summed E-state index contributed by atoms with van der Waals surface area (Å²) >= 11 is 5.76. The van der Waals surface area contributed by atoms with Crippen LogP contribution in [0, 0.1) is 11.3 Å². The van der Waals surface area contributed by atoms with E-state index in [4.69, 9.17) is 21.6 Å². The number of esters is 1. The Morgan fingerprint density at radius 3 is 2.60 bits per heavy atom. The normalized spacial score (nSPS) is 9.20. The smallest absolute Gasteiger partial charge is 0.339 e. The predicted octanol–water partition coefficient (Wildman–Crippen LogP) is 2.01. The number of halogens is 1. The van der Waals surface area contributed by atoms with E-state index in [1.165, 1.54) is 26.4 Å². The molecular weight excluding hydrogens is 218 g/mol. The molecule has 0 saturated carbocycles. The largest absolute Gasteiger partial charge is 0.495 e. The maximum absolute atomic E-state index is 11.3. The van der Waals surface area contributed by atoms with Crippen LogP contribution < -0.4 is 4.74 Å². The fraction of sp³-hybridized carbons (Fsp3) is 0.200. The van der Waals surface area contributed by atoms with Crippen molar-refractivity contribution < 1.29 is 14.3 Å². The van der Waals surface area contributed by atoms with Crippen molar-refractivity contribution in [3.63, 3.8) is 0 Å². The maximum atomic E-state index is 11.3. The highest BCUT2D eigenvalue weighted by Gasteiger charge is 2.17. The third-order valence-corrected chi connectivity index (χ3v) is 2.02. The Hall–Kier alpha value is -1.73. The zero-order chi connectivity index (χ0) is 11.4. The van der Waals surface area contributed by atoms with Crippen LogP contribution in [0.3, 0.4) is 0 Å². The first kappa shape index (κ1) is 11.3. The third kappa shape index (κ3) is 2.20. The first-order chi connectivity index (χ1) is 7.13. The molecule has 0 bridgehead atoms. The predicted molar refractivity (Wildman–Crippen MR) is 54.1 cm³/mol. The summed E-state index contributed by atoms with van der Waals surface area (Å²) in [6, 6.07) is 4.71. The average Bonchev–Trinajstić information content (AvgIpc) is 2.26. The highest BCUT2D eigenvalue weighted by molar-refractivity contribution is 6.31. The minimum absolute atomic E-state index is 0.101. The molecule has 1 aromatic rings. The standard InChI is InChI=1S/C10H8ClNO3/c1-14-9-4-6(11)3-7(8(9)5-12)10(13)15-2/h3-4H,1-2H3. The number of methoxy groups -OCH3 is 2. The molecule has 78 valence electrons. The number of hydrogen-bond acceptors (Lipinski definition) is 4. The molecule has 0 N–H and O–H groups in total. The Balaban J connectivity index is 3.43. The molecule has 5 heteroatoms. The van der Waals surface area contributed by atoms with Gasteiger partial charge in [0.15, 0.2) is 0 Å². The highest BCUT2D eigenvalue weighted by Crippen LogP contribution is 2.27. The lowest BCUT2D eigenvalue weighted by atomic mass is 10.1. The van der Waals surface area contributed by atoms with Gasteiger partial charge in [-0.05, 0) is 6.07 Å². The van der Waals surface area contributed by atoms with Gasteiger partial charge in [-0.2, -0.15) is 5.26 Å². The van der Waals surface area contributed by atoms with Gasteiger partial charge in [0.2, 0.25) is 0 Å². The Morgan fingerprint density at radius 1 is 1.47 bits per heavy atom. The van der Waals surface area contributed by atoms with Crippen LogP contribution in [-0.4, -0.2) is 20.2 Å². The summed E-state index contributed by atoms with van der Waals surface area (Å²) in [6.45, 7) is 0. The Morgan fingerprint density at radius 2 is 2.13 bits per heavy atom. The van der Waals surface area contributed by atoms with E-state index in [9.17, 15) is 4.79 Å². The van der Waals surface area contributed by atoms with Gasteiger partial charge >= 0.3 is 5.97 Å². The Kier molecular flexibility index (Phi) is 3.53. The Labute approximate surface area is 92.0 Å². The zero-order valence-corrected chi connectivity index (χ0v) is 8.96. The van der Waals surface area contributed by atoms with E-state index in [0.29, 0.717) is 5.02 Å². The van der Waals surface area contributed by atoms with Gasteiger partial charge in [-0.3, -0.25) is 0 Å². The summed E-state index contributed by atoms with van der Waals surface area (Å²) in [5, 5.41) is 9.20. The van der Waals surface area contributed by atoms with Crippen LogP contribution in [0.15, 0.2) is 12.1 Å². The lowest BCUT2D eigenvalue weighted by molar-refractivity contribution is 0.0600. The minimum Gasteiger partial charge on any atom is -0.495 e. The van der Waals surface area contributed by atoms with Crippen LogP contribution in [-0.2, 0) is 4.74 Å². The summed E-state index contributed by atoms with van der Waals surface area (Å²) in [7, 11) is 2.63. The number of benzene rings is 1. The molecule has 4 nitrogen and oxygen atoms in total. The number of ether oxygens (including phenoxy) is 2. The van der Waals surface area contributed by atoms with Crippen LogP contribution >= 0.6 is 11.6 Å². The molecule has 0 aliphatic carbocycles. The van der Waals surface area contributed by atoms with E-state index >= 15 is 0 Å². The molecule has 0 spiro atoms. The zero-order valence-electron chi connectivity index (χ0n) is 8.20. The van der Waals surface area contributed by atoms with Crippen molar-refractivity contribution in [1.29, 1.82) is 5.26 Å². The molecular formula is C10H8ClNO3. The van der Waals surface area contributed by atoms with Crippen molar-refractivity contribution in [2.75, 3.05) is 14.2 Å². The summed E-state index contributed by atoms with van der Waals surface area (Å²) in [5.74, 6) is -0.363. The van der Waals surface area contributed by atoms with Gasteiger partial charge in [0, 0.05) is 11.1 Å². The lowest BCUT2D eigenvalue weighted by Crippen LogP contribution is -2.05. The van der Waals surface area contributed by atoms with E-state index in [-0.39, 0.29) is 16.9 Å². The fourth-order valence-corrected chi connectivity index (χ4v) is 1.34. The SMILES string of the molecule is COC(=O)c1cc(Cl)cc(OC)c1C#N. The second kappa shape index (κ2) is 4.67. The number of nitriles is 1. The number of carbonyl (C=O) groups excluding carboxylic acids is 1. The highest BCUT2D eigenvalue weighted by atomic mass is 35.5. The van der Waals surface area contributed by atoms with Gasteiger partial charge in [-0.15, -0.1) is 0 Å². The van der Waals surface area contributed by atoms with E-state index in [0.717, 1.165) is 0 Å². The summed E-state index contributed by atoms with van der Waals surface area (Å²) in [6.07, 6.45) is 0. The average molecular weight is 226 g/mol. The molecule has 0 heterocycles. The van der Waals surface area contributed by atoms with E-state index < -0.39 is 5.97 Å². The number of rotatable bonds is 2. The molecule has 0 unspecified atom stereocenters. The number of nitrogens with zero attached hydrogens (tertiary/aromatic N) is 1. The fourth-order valence-electron chi connectivity index (χ4n) is 1.13. The van der Waals surface area contributed by atoms with Crippen molar-refractivity contribution in [3.05, 3.63) is 28.3 Å². The van der Waals surface area contributed by atoms with Gasteiger partial charge in [0.05, 0.1) is 19.8 Å². The molecule has 0 fully saturated rings. The Bertz CT molecular complexity index is 437. The van der Waals surface area contributed by atoms with Gasteiger partial charge in [-0.1, -0.05) is 11.6 Å². The van der Waals surface area contributed by atoms with Crippen molar-refractivity contribution in [1.82, 2.24) is 0 Å². The van der Waals surface area contributed by atoms with Crippen LogP contribution in [0.2, 0.25) is 5.02 Å². The lowest BCUT2D eigenvalue weighted by Gasteiger charge is -2.07. The van der Waals surface area contributed by atoms with Crippen molar-refractivity contribution in [2.24, 2.45) is 0 Å². The molecule has 1 rings (SSSR count). The number of carbonyl (C=O) groups is 1. The van der Waals surface area contributed by atoms with E-state index in [1.54, 1.807) is 0 Å². The second-order valence-electron chi connectivity index (χ2n) is 2.63. The van der Waals surface area contributed by atoms with Crippen LogP contribution in [0.25, 0.3) is 0 Å². The van der Waals surface area contributed by atoms with Crippen LogP contribution in [0.1, 0.15) is 15.9 Å². The maximum Gasteiger partial charge on any atom is 0.339 e. The number of hydrogen-bond donors (Lipinski definition) is 0. The van der Waals surface area contributed by atoms with Gasteiger partial charge < -0.3 is 9.47 Å². The van der Waals surface area contributed by atoms with Crippen molar-refractivity contribution in [3.8, 4) is 11.8 Å². The van der Waals surface area contributed by atoms with Crippen molar-refractivity contribution in [2.45, 2.75) is 0 Å². The van der Waals surface area contributed by atoms with Crippen LogP contribution in [0.5, 0.6) is 5.75 Å². The monoisotopic (exact) mass is 225 g/mol. The molecule has 0 amide bonds. The molecule has 0 atom stereocenters. The molecule has 0 aliphatic rings. The third-order valence-electron chi connectivity index (χ3n) is 1.80. The van der Waals surface area contributed by atoms with E-state index in [1.807, 2.05) is 6.07 Å². The summed E-state index contributed by atoms with van der Waals surface area (Å²) in [5.41, 5.74) is 0.220.